The predicted octanol–water partition coefficient (Wildman–Crippen LogP) is 0.303. The van der Waals surface area contributed by atoms with Crippen molar-refractivity contribution in [3.8, 4) is 0 Å². The quantitative estimate of drug-likeness (QED) is 0.793. The highest BCUT2D eigenvalue weighted by atomic mass is 16.3. The van der Waals surface area contributed by atoms with Crippen LogP contribution in [0, 0.1) is 0 Å². The van der Waals surface area contributed by atoms with Crippen LogP contribution in [0.25, 0.3) is 0 Å². The average molecular weight is 311 g/mol. The summed E-state index contributed by atoms with van der Waals surface area (Å²) in [6.45, 7) is 1.97. The van der Waals surface area contributed by atoms with Gasteiger partial charge in [0.2, 0.25) is 11.8 Å². The van der Waals surface area contributed by atoms with Gasteiger partial charge >= 0.3 is 0 Å². The molecule has 1 N–H and O–H groups in total. The molecule has 2 saturated heterocycles. The van der Waals surface area contributed by atoms with Crippen LogP contribution in [-0.2, 0) is 9.59 Å². The first kappa shape index (κ1) is 17.2. The van der Waals surface area contributed by atoms with Crippen molar-refractivity contribution in [2.75, 3.05) is 40.3 Å². The lowest BCUT2D eigenvalue weighted by atomic mass is 10.1. The van der Waals surface area contributed by atoms with E-state index in [1.54, 1.807) is 4.90 Å². The van der Waals surface area contributed by atoms with Crippen LogP contribution < -0.4 is 0 Å². The summed E-state index contributed by atoms with van der Waals surface area (Å²) in [6.07, 6.45) is 4.89. The van der Waals surface area contributed by atoms with Crippen molar-refractivity contribution in [1.29, 1.82) is 0 Å². The molecule has 2 rings (SSSR count). The number of hydrogen-bond donors (Lipinski definition) is 1. The normalized spacial score (nSPS) is 26.6. The molecule has 0 saturated carbocycles. The molecule has 0 spiro atoms. The summed E-state index contributed by atoms with van der Waals surface area (Å²) in [5.41, 5.74) is 0. The molecule has 0 bridgehead atoms. The van der Waals surface area contributed by atoms with Gasteiger partial charge < -0.3 is 19.8 Å². The van der Waals surface area contributed by atoms with E-state index < -0.39 is 0 Å². The number of likely N-dealkylation sites (N-methyl/N-ethyl adjacent to an activating group) is 1. The van der Waals surface area contributed by atoms with Gasteiger partial charge in [-0.3, -0.25) is 9.59 Å². The van der Waals surface area contributed by atoms with E-state index in [2.05, 4.69) is 4.90 Å². The summed E-state index contributed by atoms with van der Waals surface area (Å²) < 4.78 is 0. The zero-order chi connectivity index (χ0) is 16.1. The van der Waals surface area contributed by atoms with Gasteiger partial charge in [0.1, 0.15) is 0 Å². The second-order valence-electron chi connectivity index (χ2n) is 6.68. The number of nitrogens with zero attached hydrogens (tertiary/aromatic N) is 3. The fraction of sp³-hybridized carbons (Fsp3) is 0.875. The molecule has 0 unspecified atom stereocenters. The van der Waals surface area contributed by atoms with Crippen molar-refractivity contribution in [1.82, 2.24) is 14.7 Å². The molecule has 0 aliphatic carbocycles. The van der Waals surface area contributed by atoms with Crippen LogP contribution in [0.4, 0.5) is 0 Å². The lowest BCUT2D eigenvalue weighted by Crippen LogP contribution is -2.41. The lowest BCUT2D eigenvalue weighted by Gasteiger charge is -2.26. The molecule has 0 aromatic heterocycles. The van der Waals surface area contributed by atoms with Gasteiger partial charge in [-0.05, 0) is 33.4 Å². The first-order valence-electron chi connectivity index (χ1n) is 8.37. The Hall–Kier alpha value is -1.14. The molecule has 2 atom stereocenters. The molecule has 2 aliphatic rings. The number of rotatable bonds is 5. The van der Waals surface area contributed by atoms with Gasteiger partial charge in [0.05, 0.1) is 12.6 Å². The topological polar surface area (TPSA) is 64.1 Å². The highest BCUT2D eigenvalue weighted by Gasteiger charge is 2.35. The van der Waals surface area contributed by atoms with Crippen molar-refractivity contribution in [2.45, 2.75) is 50.6 Å². The third kappa shape index (κ3) is 4.20. The number of carbonyl (C=O) groups is 2. The van der Waals surface area contributed by atoms with Crippen molar-refractivity contribution >= 4 is 11.8 Å². The van der Waals surface area contributed by atoms with E-state index in [-0.39, 0.29) is 24.5 Å². The zero-order valence-corrected chi connectivity index (χ0v) is 13.8. The monoisotopic (exact) mass is 311 g/mol. The van der Waals surface area contributed by atoms with Crippen LogP contribution in [0.5, 0.6) is 0 Å². The van der Waals surface area contributed by atoms with Crippen LogP contribution in [0.3, 0.4) is 0 Å². The number of aliphatic hydroxyl groups is 1. The number of aliphatic hydroxyl groups excluding tert-OH is 1. The Morgan fingerprint density at radius 1 is 1.32 bits per heavy atom. The molecule has 22 heavy (non-hydrogen) atoms. The first-order chi connectivity index (χ1) is 10.5. The van der Waals surface area contributed by atoms with Crippen LogP contribution in [0.15, 0.2) is 0 Å². The lowest BCUT2D eigenvalue weighted by molar-refractivity contribution is -0.135. The van der Waals surface area contributed by atoms with Crippen molar-refractivity contribution in [3.63, 3.8) is 0 Å². The van der Waals surface area contributed by atoms with E-state index in [0.29, 0.717) is 32.0 Å². The van der Waals surface area contributed by atoms with E-state index in [4.69, 9.17) is 0 Å². The summed E-state index contributed by atoms with van der Waals surface area (Å²) in [6, 6.07) is 0.223. The molecule has 0 radical (unpaired) electrons. The van der Waals surface area contributed by atoms with Crippen molar-refractivity contribution in [3.05, 3.63) is 0 Å². The Labute approximate surface area is 133 Å². The second-order valence-corrected chi connectivity index (χ2v) is 6.68. The van der Waals surface area contributed by atoms with E-state index in [1.165, 1.54) is 0 Å². The molecule has 6 heteroatoms. The van der Waals surface area contributed by atoms with Gasteiger partial charge in [0.15, 0.2) is 0 Å². The summed E-state index contributed by atoms with van der Waals surface area (Å²) >= 11 is 0. The number of likely N-dealkylation sites (tertiary alicyclic amines) is 2. The standard InChI is InChI=1S/C16H29N3O3/c1-17(2)13-10-14(12-20)19(11-13)16(22)7-9-18-8-5-3-4-6-15(18)21/h13-14,20H,3-12H2,1-2H3/t13-,14+/m1/s1. The maximum absolute atomic E-state index is 12.5. The van der Waals surface area contributed by atoms with E-state index in [0.717, 1.165) is 32.2 Å². The highest BCUT2D eigenvalue weighted by molar-refractivity contribution is 5.79. The Kier molecular flexibility index (Phi) is 6.20. The Morgan fingerprint density at radius 2 is 2.09 bits per heavy atom. The predicted molar refractivity (Wildman–Crippen MR) is 84.3 cm³/mol. The van der Waals surface area contributed by atoms with E-state index >= 15 is 0 Å². The Balaban J connectivity index is 1.86. The summed E-state index contributed by atoms with van der Waals surface area (Å²) in [5.74, 6) is 0.233. The van der Waals surface area contributed by atoms with Gasteiger partial charge in [-0.25, -0.2) is 0 Å². The Morgan fingerprint density at radius 3 is 2.77 bits per heavy atom. The molecule has 2 fully saturated rings. The largest absolute Gasteiger partial charge is 0.394 e. The zero-order valence-electron chi connectivity index (χ0n) is 13.8. The smallest absolute Gasteiger partial charge is 0.224 e. The molecule has 126 valence electrons. The summed E-state index contributed by atoms with van der Waals surface area (Å²) in [5, 5.41) is 9.50. The minimum Gasteiger partial charge on any atom is -0.394 e. The van der Waals surface area contributed by atoms with Crippen LogP contribution in [0.2, 0.25) is 0 Å². The summed E-state index contributed by atoms with van der Waals surface area (Å²) in [7, 11) is 4.01. The SMILES string of the molecule is CN(C)[C@@H]1C[C@@H](CO)N(C(=O)CCN2CCCCCC2=O)C1. The minimum absolute atomic E-state index is 0.0126. The first-order valence-corrected chi connectivity index (χ1v) is 8.37. The molecule has 2 heterocycles. The van der Waals surface area contributed by atoms with E-state index in [9.17, 15) is 14.7 Å². The van der Waals surface area contributed by atoms with Crippen LogP contribution >= 0.6 is 0 Å². The number of carbonyl (C=O) groups excluding carboxylic acids is 2. The van der Waals surface area contributed by atoms with Crippen LogP contribution in [-0.4, -0.2) is 84.0 Å². The van der Waals surface area contributed by atoms with Gasteiger partial charge in [-0.1, -0.05) is 6.42 Å². The number of amides is 2. The van der Waals surface area contributed by atoms with Gasteiger partial charge in [-0.2, -0.15) is 0 Å². The molecular formula is C16H29N3O3. The Bertz CT molecular complexity index is 400. The van der Waals surface area contributed by atoms with Crippen molar-refractivity contribution < 1.29 is 14.7 Å². The average Bonchev–Trinajstić information content (AvgIpc) is 2.83. The molecule has 6 nitrogen and oxygen atoms in total. The van der Waals surface area contributed by atoms with Gasteiger partial charge in [-0.15, -0.1) is 0 Å². The maximum Gasteiger partial charge on any atom is 0.224 e. The number of hydrogen-bond acceptors (Lipinski definition) is 4. The third-order valence-electron chi connectivity index (χ3n) is 4.92. The molecule has 0 aromatic carbocycles. The fourth-order valence-electron chi connectivity index (χ4n) is 3.39. The summed E-state index contributed by atoms with van der Waals surface area (Å²) in [4.78, 5) is 30.2. The fourth-order valence-corrected chi connectivity index (χ4v) is 3.39. The molecule has 0 aromatic rings. The molecular weight excluding hydrogens is 282 g/mol. The second kappa shape index (κ2) is 7.92. The molecule has 2 aliphatic heterocycles. The van der Waals surface area contributed by atoms with Gasteiger partial charge in [0.25, 0.3) is 0 Å². The molecule has 2 amide bonds. The highest BCUT2D eigenvalue weighted by Crippen LogP contribution is 2.21. The minimum atomic E-state index is -0.0836. The van der Waals surface area contributed by atoms with Crippen molar-refractivity contribution in [2.24, 2.45) is 0 Å². The third-order valence-corrected chi connectivity index (χ3v) is 4.92. The van der Waals surface area contributed by atoms with Crippen LogP contribution in [0.1, 0.15) is 38.5 Å². The maximum atomic E-state index is 12.5. The van der Waals surface area contributed by atoms with Gasteiger partial charge in [0, 0.05) is 38.5 Å². The van der Waals surface area contributed by atoms with E-state index in [1.807, 2.05) is 19.0 Å².